The average molecular weight is 542 g/mol. The van der Waals surface area contributed by atoms with Crippen LogP contribution in [0.25, 0.3) is 17.0 Å². The van der Waals surface area contributed by atoms with Gasteiger partial charge in [0.1, 0.15) is 5.82 Å². The van der Waals surface area contributed by atoms with Gasteiger partial charge in [-0.2, -0.15) is 0 Å². The number of fused-ring (bicyclic) bond motifs is 1. The van der Waals surface area contributed by atoms with E-state index in [1.165, 1.54) is 6.07 Å². The summed E-state index contributed by atoms with van der Waals surface area (Å²) in [5.74, 6) is -0.707. The fourth-order valence-electron chi connectivity index (χ4n) is 3.80. The Hall–Kier alpha value is -2.87. The van der Waals surface area contributed by atoms with E-state index in [4.69, 9.17) is 11.6 Å². The molecule has 33 heavy (non-hydrogen) atoms. The second kappa shape index (κ2) is 8.82. The Bertz CT molecular complexity index is 1470. The van der Waals surface area contributed by atoms with Crippen LogP contribution in [0.3, 0.4) is 0 Å². The minimum Gasteiger partial charge on any atom is -0.342 e. The summed E-state index contributed by atoms with van der Waals surface area (Å²) in [7, 11) is 0. The van der Waals surface area contributed by atoms with Crippen LogP contribution in [0, 0.1) is 5.82 Å². The lowest BCUT2D eigenvalue weighted by Gasteiger charge is -2.13. The number of aromatic nitrogens is 1. The summed E-state index contributed by atoms with van der Waals surface area (Å²) in [6.45, 7) is 0.333. The normalized spacial score (nSPS) is 15.2. The van der Waals surface area contributed by atoms with Crippen molar-refractivity contribution in [3.63, 3.8) is 0 Å². The van der Waals surface area contributed by atoms with Gasteiger partial charge in [-0.1, -0.05) is 57.9 Å². The number of benzene rings is 3. The van der Waals surface area contributed by atoms with E-state index in [1.54, 1.807) is 48.5 Å². The number of para-hydroxylation sites is 1. The molecule has 0 saturated carbocycles. The molecule has 1 fully saturated rings. The highest BCUT2D eigenvalue weighted by atomic mass is 79.9. The summed E-state index contributed by atoms with van der Waals surface area (Å²) < 4.78 is 17.1. The molecule has 0 aliphatic carbocycles. The second-order valence-corrected chi connectivity index (χ2v) is 9.75. The second-order valence-electron chi connectivity index (χ2n) is 7.43. The lowest BCUT2D eigenvalue weighted by atomic mass is 10.1. The molecule has 0 unspecified atom stereocenters. The summed E-state index contributed by atoms with van der Waals surface area (Å²) >= 11 is 10.6. The first-order chi connectivity index (χ1) is 15.9. The van der Waals surface area contributed by atoms with Crippen molar-refractivity contribution in [2.24, 2.45) is 0 Å². The smallest absolute Gasteiger partial charge is 0.298 e. The Morgan fingerprint density at radius 3 is 2.58 bits per heavy atom. The topological polar surface area (TPSA) is 42.3 Å². The highest BCUT2D eigenvalue weighted by molar-refractivity contribution is 9.10. The Labute approximate surface area is 206 Å². The number of imide groups is 1. The molecule has 0 N–H and O–H groups in total. The van der Waals surface area contributed by atoms with Gasteiger partial charge >= 0.3 is 0 Å². The molecule has 4 aromatic rings. The van der Waals surface area contributed by atoms with Gasteiger partial charge in [0.25, 0.3) is 11.1 Å². The Kier molecular flexibility index (Phi) is 5.86. The Morgan fingerprint density at radius 2 is 1.79 bits per heavy atom. The number of carbonyl (C=O) groups is 2. The number of amides is 2. The third kappa shape index (κ3) is 4.12. The number of anilines is 1. The van der Waals surface area contributed by atoms with Crippen LogP contribution in [0.1, 0.15) is 11.1 Å². The van der Waals surface area contributed by atoms with E-state index in [0.29, 0.717) is 27.7 Å². The van der Waals surface area contributed by atoms with Gasteiger partial charge in [-0.3, -0.25) is 9.59 Å². The Balaban J connectivity index is 1.57. The molecule has 3 aromatic carbocycles. The SMILES string of the molecule is O=C1S/C(=C\c2cn(Cc3ccccc3F)c3ccc(Br)cc23)C(=O)N1c1ccccc1Cl. The molecule has 1 saturated heterocycles. The molecule has 2 amide bonds. The van der Waals surface area contributed by atoms with Crippen LogP contribution in [0.2, 0.25) is 5.02 Å². The first-order valence-electron chi connectivity index (χ1n) is 9.96. The molecule has 1 aliphatic heterocycles. The standard InChI is InChI=1S/C25H15BrClFN2O2S/c26-17-9-10-21-18(12-17)16(14-29(21)13-15-5-1-3-7-20(15)28)11-23-24(31)30(25(32)33-23)22-8-4-2-6-19(22)27/h1-12,14H,13H2/b23-11-. The first kappa shape index (κ1) is 21.9. The number of hydrogen-bond acceptors (Lipinski definition) is 3. The van der Waals surface area contributed by atoms with Gasteiger partial charge in [0, 0.05) is 32.7 Å². The van der Waals surface area contributed by atoms with Crippen LogP contribution in [0.5, 0.6) is 0 Å². The van der Waals surface area contributed by atoms with Crippen LogP contribution < -0.4 is 4.90 Å². The van der Waals surface area contributed by atoms with Crippen LogP contribution in [0.4, 0.5) is 14.9 Å². The first-order valence-corrected chi connectivity index (χ1v) is 12.0. The molecule has 5 rings (SSSR count). The minimum atomic E-state index is -0.428. The molecule has 0 spiro atoms. The summed E-state index contributed by atoms with van der Waals surface area (Å²) in [4.78, 5) is 27.2. The molecule has 164 valence electrons. The molecular formula is C25H15BrClFN2O2S. The monoisotopic (exact) mass is 540 g/mol. The molecule has 1 aromatic heterocycles. The molecule has 0 bridgehead atoms. The van der Waals surface area contributed by atoms with Crippen molar-refractivity contribution in [1.82, 2.24) is 4.57 Å². The third-order valence-electron chi connectivity index (χ3n) is 5.35. The fraction of sp³-hybridized carbons (Fsp3) is 0.0400. The largest absolute Gasteiger partial charge is 0.342 e. The maximum absolute atomic E-state index is 14.3. The summed E-state index contributed by atoms with van der Waals surface area (Å²) in [5.41, 5.74) is 2.56. The number of hydrogen-bond donors (Lipinski definition) is 0. The highest BCUT2D eigenvalue weighted by Gasteiger charge is 2.37. The quantitative estimate of drug-likeness (QED) is 0.251. The van der Waals surface area contributed by atoms with E-state index in [0.717, 1.165) is 37.6 Å². The number of halogens is 3. The van der Waals surface area contributed by atoms with Gasteiger partial charge in [-0.25, -0.2) is 9.29 Å². The van der Waals surface area contributed by atoms with Crippen molar-refractivity contribution in [2.75, 3.05) is 4.90 Å². The van der Waals surface area contributed by atoms with E-state index in [2.05, 4.69) is 15.9 Å². The molecule has 8 heteroatoms. The lowest BCUT2D eigenvalue weighted by molar-refractivity contribution is -0.113. The van der Waals surface area contributed by atoms with Gasteiger partial charge < -0.3 is 4.57 Å². The van der Waals surface area contributed by atoms with E-state index in [9.17, 15) is 14.0 Å². The summed E-state index contributed by atoms with van der Waals surface area (Å²) in [5, 5.41) is 0.798. The van der Waals surface area contributed by atoms with Crippen molar-refractivity contribution in [3.8, 4) is 0 Å². The minimum absolute atomic E-state index is 0.279. The van der Waals surface area contributed by atoms with Crippen molar-refractivity contribution in [3.05, 3.63) is 104 Å². The number of thioether (sulfide) groups is 1. The molecular weight excluding hydrogens is 527 g/mol. The van der Waals surface area contributed by atoms with Gasteiger partial charge in [0.2, 0.25) is 0 Å². The molecule has 0 atom stereocenters. The van der Waals surface area contributed by atoms with E-state index in [1.807, 2.05) is 29.0 Å². The maximum atomic E-state index is 14.3. The van der Waals surface area contributed by atoms with Crippen LogP contribution in [-0.2, 0) is 11.3 Å². The predicted molar refractivity (Wildman–Crippen MR) is 135 cm³/mol. The zero-order valence-corrected chi connectivity index (χ0v) is 20.1. The van der Waals surface area contributed by atoms with Gasteiger partial charge in [-0.05, 0) is 54.2 Å². The number of nitrogens with zero attached hydrogens (tertiary/aromatic N) is 2. The average Bonchev–Trinajstić information content (AvgIpc) is 3.26. The van der Waals surface area contributed by atoms with Gasteiger partial charge in [0.15, 0.2) is 0 Å². The highest BCUT2D eigenvalue weighted by Crippen LogP contribution is 2.39. The third-order valence-corrected chi connectivity index (χ3v) is 7.03. The van der Waals surface area contributed by atoms with Crippen LogP contribution >= 0.6 is 39.3 Å². The van der Waals surface area contributed by atoms with E-state index in [-0.39, 0.29) is 5.82 Å². The van der Waals surface area contributed by atoms with Crippen LogP contribution in [0.15, 0.2) is 82.3 Å². The zero-order chi connectivity index (χ0) is 23.1. The van der Waals surface area contributed by atoms with Gasteiger partial charge in [0.05, 0.1) is 22.2 Å². The molecule has 2 heterocycles. The molecule has 4 nitrogen and oxygen atoms in total. The van der Waals surface area contributed by atoms with Crippen LogP contribution in [-0.4, -0.2) is 15.7 Å². The number of rotatable bonds is 4. The Morgan fingerprint density at radius 1 is 1.03 bits per heavy atom. The van der Waals surface area contributed by atoms with E-state index < -0.39 is 11.1 Å². The molecule has 1 aliphatic rings. The number of carbonyl (C=O) groups excluding carboxylic acids is 2. The lowest BCUT2D eigenvalue weighted by Crippen LogP contribution is -2.27. The predicted octanol–water partition coefficient (Wildman–Crippen LogP) is 7.49. The zero-order valence-electron chi connectivity index (χ0n) is 17.0. The fourth-order valence-corrected chi connectivity index (χ4v) is 5.21. The van der Waals surface area contributed by atoms with Crippen molar-refractivity contribution < 1.29 is 14.0 Å². The van der Waals surface area contributed by atoms with Gasteiger partial charge in [-0.15, -0.1) is 0 Å². The summed E-state index contributed by atoms with van der Waals surface area (Å²) in [6.07, 6.45) is 3.57. The van der Waals surface area contributed by atoms with Crippen molar-refractivity contribution >= 4 is 73.1 Å². The van der Waals surface area contributed by atoms with Crippen molar-refractivity contribution in [1.29, 1.82) is 0 Å². The van der Waals surface area contributed by atoms with E-state index >= 15 is 0 Å². The summed E-state index contributed by atoms with van der Waals surface area (Å²) in [6, 6.07) is 19.2. The maximum Gasteiger partial charge on any atom is 0.298 e. The van der Waals surface area contributed by atoms with Crippen molar-refractivity contribution in [2.45, 2.75) is 6.54 Å². The molecule has 0 radical (unpaired) electrons.